The first-order valence-electron chi connectivity index (χ1n) is 11.4. The largest absolute Gasteiger partial charge is 0.361 e. The van der Waals surface area contributed by atoms with Gasteiger partial charge in [0.1, 0.15) is 24.2 Å². The molecule has 3 aromatic heterocycles. The Hall–Kier alpha value is -2.47. The minimum absolute atomic E-state index is 0.130. The molecule has 4 heterocycles. The van der Waals surface area contributed by atoms with Gasteiger partial charge in [-0.25, -0.2) is 16.5 Å². The van der Waals surface area contributed by atoms with Crippen LogP contribution in [0.3, 0.4) is 0 Å². The lowest BCUT2D eigenvalue weighted by Gasteiger charge is -2.38. The molecule has 0 N–H and O–H groups in total. The maximum Gasteiger partial charge on any atom is 0.237 e. The molecule has 3 aromatic rings. The van der Waals surface area contributed by atoms with Gasteiger partial charge in [-0.05, 0) is 38.1 Å². The number of aromatic nitrogens is 4. The first-order valence-corrected chi connectivity index (χ1v) is 15.1. The van der Waals surface area contributed by atoms with Crippen molar-refractivity contribution < 1.29 is 4.74 Å². The molecular formula is C24H34N6OSi. The van der Waals surface area contributed by atoms with Gasteiger partial charge < -0.3 is 23.6 Å². The van der Waals surface area contributed by atoms with E-state index in [9.17, 15) is 0 Å². The number of rotatable bonds is 8. The molecular weight excluding hydrogens is 416 g/mol. The zero-order valence-corrected chi connectivity index (χ0v) is 20.7. The van der Waals surface area contributed by atoms with Crippen molar-refractivity contribution in [2.75, 3.05) is 33.3 Å². The first-order chi connectivity index (χ1) is 15.3. The predicted octanol–water partition coefficient (Wildman–Crippen LogP) is 4.55. The SMILES string of the molecule is [C-]#[N+]CC1(n2ccc(-c3ncnc4c3ccn4COCC[Si](C)(C)C)c2)CCN(C)CC1. The van der Waals surface area contributed by atoms with Gasteiger partial charge in [0, 0.05) is 57.3 Å². The van der Waals surface area contributed by atoms with Crippen molar-refractivity contribution in [3.8, 4) is 11.3 Å². The molecule has 0 radical (unpaired) electrons. The Balaban J connectivity index is 1.56. The summed E-state index contributed by atoms with van der Waals surface area (Å²) >= 11 is 0. The molecule has 0 aromatic carbocycles. The molecule has 7 nitrogen and oxygen atoms in total. The molecule has 0 saturated carbocycles. The molecule has 8 heteroatoms. The van der Waals surface area contributed by atoms with E-state index in [1.807, 2.05) is 6.20 Å². The Morgan fingerprint density at radius 3 is 2.66 bits per heavy atom. The number of nitrogens with zero attached hydrogens (tertiary/aromatic N) is 6. The fourth-order valence-corrected chi connectivity index (χ4v) is 5.15. The van der Waals surface area contributed by atoms with E-state index in [1.54, 1.807) is 6.33 Å². The van der Waals surface area contributed by atoms with E-state index < -0.39 is 8.07 Å². The quantitative estimate of drug-likeness (QED) is 0.287. The fourth-order valence-electron chi connectivity index (χ4n) is 4.39. The summed E-state index contributed by atoms with van der Waals surface area (Å²) in [6.45, 7) is 18.4. The number of piperidine rings is 1. The van der Waals surface area contributed by atoms with Crippen LogP contribution in [0.5, 0.6) is 0 Å². The topological polar surface area (TPSA) is 52.5 Å². The van der Waals surface area contributed by atoms with Crippen LogP contribution >= 0.6 is 0 Å². The van der Waals surface area contributed by atoms with Crippen LogP contribution in [0.15, 0.2) is 37.1 Å². The van der Waals surface area contributed by atoms with Gasteiger partial charge in [0.05, 0.1) is 5.69 Å². The Bertz CT molecular complexity index is 1100. The van der Waals surface area contributed by atoms with Crippen LogP contribution in [-0.4, -0.2) is 65.4 Å². The van der Waals surface area contributed by atoms with E-state index in [-0.39, 0.29) is 5.54 Å². The van der Waals surface area contributed by atoms with Crippen LogP contribution in [0.1, 0.15) is 12.8 Å². The van der Waals surface area contributed by atoms with Gasteiger partial charge in [-0.1, -0.05) is 19.6 Å². The summed E-state index contributed by atoms with van der Waals surface area (Å²) in [6, 6.07) is 5.35. The second-order valence-corrected chi connectivity index (χ2v) is 15.9. The van der Waals surface area contributed by atoms with Crippen LogP contribution in [-0.2, 0) is 17.0 Å². The van der Waals surface area contributed by atoms with E-state index in [2.05, 4.69) is 80.1 Å². The van der Waals surface area contributed by atoms with Crippen LogP contribution in [0.4, 0.5) is 0 Å². The van der Waals surface area contributed by atoms with E-state index in [1.165, 1.54) is 0 Å². The van der Waals surface area contributed by atoms with E-state index in [0.29, 0.717) is 13.3 Å². The Kier molecular flexibility index (Phi) is 6.51. The fraction of sp³-hybridized carbons (Fsp3) is 0.542. The summed E-state index contributed by atoms with van der Waals surface area (Å²) in [5, 5.41) is 1.03. The van der Waals surface area contributed by atoms with Gasteiger partial charge >= 0.3 is 0 Å². The van der Waals surface area contributed by atoms with Crippen LogP contribution in [0.25, 0.3) is 27.1 Å². The average molecular weight is 451 g/mol. The molecule has 4 rings (SSSR count). The standard InChI is InChI=1S/C24H34N6OSi/c1-25-17-24(8-12-28(2)13-9-24)30-11-6-20(16-30)22-21-7-10-29(23(21)27-18-26-22)19-31-14-15-32(3,4)5/h6-7,10-11,16,18H,8-9,12-15,17,19H2,2-5H3. The molecule has 1 aliphatic heterocycles. The van der Waals surface area contributed by atoms with Gasteiger partial charge in [0.25, 0.3) is 0 Å². The van der Waals surface area contributed by atoms with Crippen molar-refractivity contribution in [1.82, 2.24) is 24.0 Å². The minimum atomic E-state index is -1.10. The van der Waals surface area contributed by atoms with Crippen LogP contribution in [0, 0.1) is 6.57 Å². The molecule has 1 saturated heterocycles. The number of hydrogen-bond acceptors (Lipinski definition) is 4. The van der Waals surface area contributed by atoms with Gasteiger partial charge in [0.15, 0.2) is 0 Å². The Morgan fingerprint density at radius 1 is 1.16 bits per heavy atom. The molecule has 32 heavy (non-hydrogen) atoms. The predicted molar refractivity (Wildman–Crippen MR) is 131 cm³/mol. The monoisotopic (exact) mass is 450 g/mol. The van der Waals surface area contributed by atoms with E-state index in [4.69, 9.17) is 11.3 Å². The lowest BCUT2D eigenvalue weighted by atomic mass is 9.87. The molecule has 1 aliphatic rings. The normalized spacial score (nSPS) is 17.0. The molecule has 0 bridgehead atoms. The van der Waals surface area contributed by atoms with Crippen LogP contribution in [0.2, 0.25) is 25.7 Å². The molecule has 0 atom stereocenters. The van der Waals surface area contributed by atoms with Gasteiger partial charge in [-0.3, -0.25) is 0 Å². The average Bonchev–Trinajstić information content (AvgIpc) is 3.40. The summed E-state index contributed by atoms with van der Waals surface area (Å²) in [4.78, 5) is 15.3. The highest BCUT2D eigenvalue weighted by molar-refractivity contribution is 6.76. The molecule has 0 amide bonds. The first kappa shape index (κ1) is 22.7. The highest BCUT2D eigenvalue weighted by Crippen LogP contribution is 2.34. The van der Waals surface area contributed by atoms with Gasteiger partial charge in [0.2, 0.25) is 6.54 Å². The summed E-state index contributed by atoms with van der Waals surface area (Å²) in [6.07, 6.45) is 9.94. The van der Waals surface area contributed by atoms with E-state index in [0.717, 1.165) is 60.9 Å². The zero-order valence-electron chi connectivity index (χ0n) is 19.7. The molecule has 0 unspecified atom stereocenters. The van der Waals surface area contributed by atoms with Gasteiger partial charge in [-0.2, -0.15) is 0 Å². The molecule has 0 spiro atoms. The summed E-state index contributed by atoms with van der Waals surface area (Å²) in [7, 11) is 1.06. The third kappa shape index (κ3) is 4.80. The van der Waals surface area contributed by atoms with Crippen molar-refractivity contribution in [2.45, 2.75) is 50.8 Å². The summed E-state index contributed by atoms with van der Waals surface area (Å²) < 4.78 is 10.3. The summed E-state index contributed by atoms with van der Waals surface area (Å²) in [5.41, 5.74) is 2.76. The zero-order chi connectivity index (χ0) is 22.8. The van der Waals surface area contributed by atoms with Crippen molar-refractivity contribution in [3.63, 3.8) is 0 Å². The molecule has 170 valence electrons. The highest BCUT2D eigenvalue weighted by Gasteiger charge is 2.38. The lowest BCUT2D eigenvalue weighted by Crippen LogP contribution is -2.46. The third-order valence-corrected chi connectivity index (χ3v) is 8.29. The number of hydrogen-bond donors (Lipinski definition) is 0. The Labute approximate surface area is 191 Å². The second kappa shape index (κ2) is 9.18. The van der Waals surface area contributed by atoms with Crippen molar-refractivity contribution >= 4 is 19.1 Å². The summed E-state index contributed by atoms with van der Waals surface area (Å²) in [5.74, 6) is 0. The third-order valence-electron chi connectivity index (χ3n) is 6.59. The smallest absolute Gasteiger partial charge is 0.237 e. The number of likely N-dealkylation sites (tertiary alicyclic amines) is 1. The molecule has 1 fully saturated rings. The minimum Gasteiger partial charge on any atom is -0.361 e. The van der Waals surface area contributed by atoms with Crippen molar-refractivity contribution in [2.24, 2.45) is 0 Å². The van der Waals surface area contributed by atoms with E-state index >= 15 is 0 Å². The number of ether oxygens (including phenoxy) is 1. The Morgan fingerprint density at radius 2 is 1.94 bits per heavy atom. The van der Waals surface area contributed by atoms with Crippen molar-refractivity contribution in [3.05, 3.63) is 48.5 Å². The van der Waals surface area contributed by atoms with Crippen LogP contribution < -0.4 is 0 Å². The maximum atomic E-state index is 7.51. The number of fused-ring (bicyclic) bond motifs is 1. The molecule has 0 aliphatic carbocycles. The second-order valence-electron chi connectivity index (χ2n) is 10.2. The van der Waals surface area contributed by atoms with Gasteiger partial charge in [-0.15, -0.1) is 0 Å². The maximum absolute atomic E-state index is 7.51. The highest BCUT2D eigenvalue weighted by atomic mass is 28.3. The van der Waals surface area contributed by atoms with Crippen molar-refractivity contribution in [1.29, 1.82) is 0 Å². The lowest BCUT2D eigenvalue weighted by molar-refractivity contribution is 0.0899.